The second-order valence-corrected chi connectivity index (χ2v) is 6.27. The van der Waals surface area contributed by atoms with Gasteiger partial charge in [-0.25, -0.2) is 0 Å². The van der Waals surface area contributed by atoms with Gasteiger partial charge >= 0.3 is 0 Å². The van der Waals surface area contributed by atoms with E-state index in [-0.39, 0.29) is 11.5 Å². The summed E-state index contributed by atoms with van der Waals surface area (Å²) in [5, 5.41) is 9.76. The van der Waals surface area contributed by atoms with Crippen molar-refractivity contribution >= 4 is 0 Å². The number of benzene rings is 2. The van der Waals surface area contributed by atoms with Gasteiger partial charge in [-0.3, -0.25) is 0 Å². The molecule has 0 radical (unpaired) electrons. The fourth-order valence-corrected chi connectivity index (χ4v) is 3.77. The van der Waals surface area contributed by atoms with Gasteiger partial charge in [-0.2, -0.15) is 5.26 Å². The zero-order chi connectivity index (χ0) is 14.3. The van der Waals surface area contributed by atoms with E-state index in [4.69, 9.17) is 4.74 Å². The molecule has 0 spiro atoms. The molecular formula is C19H17NO. The third kappa shape index (κ3) is 2.10. The third-order valence-electron chi connectivity index (χ3n) is 4.75. The van der Waals surface area contributed by atoms with Crippen LogP contribution in [0.3, 0.4) is 0 Å². The average molecular weight is 275 g/mol. The molecule has 1 aliphatic heterocycles. The fourth-order valence-electron chi connectivity index (χ4n) is 3.77. The number of fused-ring (bicyclic) bond motifs is 2. The van der Waals surface area contributed by atoms with Crippen molar-refractivity contribution in [3.8, 4) is 11.8 Å². The van der Waals surface area contributed by atoms with Gasteiger partial charge in [0, 0.05) is 12.8 Å². The number of rotatable bonds is 2. The van der Waals surface area contributed by atoms with Crippen molar-refractivity contribution in [2.24, 2.45) is 5.41 Å². The monoisotopic (exact) mass is 275 g/mol. The van der Waals surface area contributed by atoms with Gasteiger partial charge < -0.3 is 4.74 Å². The van der Waals surface area contributed by atoms with E-state index < -0.39 is 0 Å². The van der Waals surface area contributed by atoms with Gasteiger partial charge in [-0.05, 0) is 35.6 Å². The second-order valence-electron chi connectivity index (χ2n) is 6.27. The topological polar surface area (TPSA) is 33.0 Å². The van der Waals surface area contributed by atoms with E-state index in [2.05, 4.69) is 42.5 Å². The SMILES string of the molecule is N#CC1(CC2Cc3ccccc3O2)Cc2ccccc2C1. The van der Waals surface area contributed by atoms with Crippen molar-refractivity contribution in [3.05, 3.63) is 65.2 Å². The van der Waals surface area contributed by atoms with E-state index >= 15 is 0 Å². The predicted molar refractivity (Wildman–Crippen MR) is 81.1 cm³/mol. The summed E-state index contributed by atoms with van der Waals surface area (Å²) >= 11 is 0. The molecule has 1 unspecified atom stereocenters. The summed E-state index contributed by atoms with van der Waals surface area (Å²) in [6.07, 6.45) is 3.59. The van der Waals surface area contributed by atoms with Crippen LogP contribution in [0.4, 0.5) is 0 Å². The molecule has 1 aliphatic carbocycles. The number of para-hydroxylation sites is 1. The number of nitriles is 1. The molecule has 0 amide bonds. The summed E-state index contributed by atoms with van der Waals surface area (Å²) in [6, 6.07) is 19.2. The van der Waals surface area contributed by atoms with Crippen LogP contribution in [0.2, 0.25) is 0 Å². The molecule has 0 saturated carbocycles. The van der Waals surface area contributed by atoms with Crippen LogP contribution in [-0.4, -0.2) is 6.10 Å². The van der Waals surface area contributed by atoms with Crippen LogP contribution in [0.25, 0.3) is 0 Å². The van der Waals surface area contributed by atoms with E-state index in [0.29, 0.717) is 0 Å². The summed E-state index contributed by atoms with van der Waals surface area (Å²) in [5.74, 6) is 0.992. The minimum Gasteiger partial charge on any atom is -0.490 e. The molecule has 2 aliphatic rings. The molecule has 0 saturated heterocycles. The van der Waals surface area contributed by atoms with Crippen molar-refractivity contribution in [2.45, 2.75) is 31.8 Å². The van der Waals surface area contributed by atoms with E-state index in [1.165, 1.54) is 16.7 Å². The van der Waals surface area contributed by atoms with Crippen molar-refractivity contribution in [1.29, 1.82) is 5.26 Å². The standard InChI is InChI=1S/C19H17NO/c20-13-19(10-15-6-1-2-7-16(15)11-19)12-17-9-14-5-3-4-8-18(14)21-17/h1-8,17H,9-12H2. The van der Waals surface area contributed by atoms with E-state index in [1.54, 1.807) is 0 Å². The Balaban J connectivity index is 1.54. The molecule has 2 heteroatoms. The first kappa shape index (κ1) is 12.5. The van der Waals surface area contributed by atoms with E-state index in [0.717, 1.165) is 31.4 Å². The first-order valence-corrected chi connectivity index (χ1v) is 7.51. The molecule has 2 nitrogen and oxygen atoms in total. The van der Waals surface area contributed by atoms with Gasteiger partial charge in [0.2, 0.25) is 0 Å². The number of hydrogen-bond acceptors (Lipinski definition) is 2. The zero-order valence-electron chi connectivity index (χ0n) is 11.9. The highest BCUT2D eigenvalue weighted by atomic mass is 16.5. The molecule has 4 rings (SSSR count). The van der Waals surface area contributed by atoms with Crippen molar-refractivity contribution in [3.63, 3.8) is 0 Å². The molecule has 0 fully saturated rings. The van der Waals surface area contributed by atoms with Crippen LogP contribution in [0.15, 0.2) is 48.5 Å². The van der Waals surface area contributed by atoms with Gasteiger partial charge in [0.15, 0.2) is 0 Å². The highest BCUT2D eigenvalue weighted by molar-refractivity contribution is 5.39. The summed E-state index contributed by atoms with van der Waals surface area (Å²) in [7, 11) is 0. The Hall–Kier alpha value is -2.27. The lowest BCUT2D eigenvalue weighted by Crippen LogP contribution is -2.28. The summed E-state index contributed by atoms with van der Waals surface area (Å²) < 4.78 is 6.04. The second kappa shape index (κ2) is 4.63. The predicted octanol–water partition coefficient (Wildman–Crippen LogP) is 3.69. The number of nitrogens with zero attached hydrogens (tertiary/aromatic N) is 1. The van der Waals surface area contributed by atoms with Crippen molar-refractivity contribution < 1.29 is 4.74 Å². The average Bonchev–Trinajstić information content (AvgIpc) is 3.07. The summed E-state index contributed by atoms with van der Waals surface area (Å²) in [4.78, 5) is 0. The lowest BCUT2D eigenvalue weighted by atomic mass is 9.80. The van der Waals surface area contributed by atoms with Crippen molar-refractivity contribution in [2.75, 3.05) is 0 Å². The lowest BCUT2D eigenvalue weighted by molar-refractivity contribution is 0.170. The maximum absolute atomic E-state index is 9.76. The largest absolute Gasteiger partial charge is 0.490 e. The maximum atomic E-state index is 9.76. The Morgan fingerprint density at radius 2 is 1.62 bits per heavy atom. The maximum Gasteiger partial charge on any atom is 0.123 e. The number of ether oxygens (including phenoxy) is 1. The lowest BCUT2D eigenvalue weighted by Gasteiger charge is -2.24. The Morgan fingerprint density at radius 3 is 2.24 bits per heavy atom. The van der Waals surface area contributed by atoms with Gasteiger partial charge in [-0.15, -0.1) is 0 Å². The van der Waals surface area contributed by atoms with Gasteiger partial charge in [0.05, 0.1) is 11.5 Å². The molecule has 1 atom stereocenters. The Bertz CT molecular complexity index is 678. The summed E-state index contributed by atoms with van der Waals surface area (Å²) in [5.41, 5.74) is 3.63. The third-order valence-corrected chi connectivity index (χ3v) is 4.75. The normalized spacial score (nSPS) is 21.2. The Labute approximate surface area is 125 Å². The summed E-state index contributed by atoms with van der Waals surface area (Å²) in [6.45, 7) is 0. The minimum atomic E-state index is -0.295. The van der Waals surface area contributed by atoms with Crippen LogP contribution < -0.4 is 4.74 Å². The van der Waals surface area contributed by atoms with Crippen LogP contribution in [0, 0.1) is 16.7 Å². The molecule has 0 bridgehead atoms. The van der Waals surface area contributed by atoms with Crippen LogP contribution in [0.5, 0.6) is 5.75 Å². The molecule has 104 valence electrons. The first-order chi connectivity index (χ1) is 10.3. The van der Waals surface area contributed by atoms with Crippen LogP contribution >= 0.6 is 0 Å². The molecule has 0 N–H and O–H groups in total. The van der Waals surface area contributed by atoms with Gasteiger partial charge in [-0.1, -0.05) is 42.5 Å². The number of hydrogen-bond donors (Lipinski definition) is 0. The van der Waals surface area contributed by atoms with Crippen LogP contribution in [-0.2, 0) is 19.3 Å². The first-order valence-electron chi connectivity index (χ1n) is 7.51. The van der Waals surface area contributed by atoms with E-state index in [1.807, 2.05) is 12.1 Å². The fraction of sp³-hybridized carbons (Fsp3) is 0.316. The Kier molecular flexibility index (Phi) is 2.75. The smallest absolute Gasteiger partial charge is 0.123 e. The van der Waals surface area contributed by atoms with Gasteiger partial charge in [0.1, 0.15) is 11.9 Å². The quantitative estimate of drug-likeness (QED) is 0.837. The highest BCUT2D eigenvalue weighted by Crippen LogP contribution is 2.42. The zero-order valence-corrected chi connectivity index (χ0v) is 11.9. The molecule has 21 heavy (non-hydrogen) atoms. The Morgan fingerprint density at radius 1 is 1.00 bits per heavy atom. The van der Waals surface area contributed by atoms with Crippen LogP contribution in [0.1, 0.15) is 23.1 Å². The molecule has 0 aromatic heterocycles. The molecule has 1 heterocycles. The molecule has 2 aromatic rings. The van der Waals surface area contributed by atoms with E-state index in [9.17, 15) is 5.26 Å². The van der Waals surface area contributed by atoms with Crippen molar-refractivity contribution in [1.82, 2.24) is 0 Å². The molecule has 2 aromatic carbocycles. The minimum absolute atomic E-state index is 0.136. The highest BCUT2D eigenvalue weighted by Gasteiger charge is 2.41. The van der Waals surface area contributed by atoms with Gasteiger partial charge in [0.25, 0.3) is 0 Å². The molecular weight excluding hydrogens is 258 g/mol.